The number of nitrogens with zero attached hydrogens (tertiary/aromatic N) is 1. The molecule has 2 aromatic carbocycles. The number of carbonyl (C=O) groups is 1. The first-order valence-corrected chi connectivity index (χ1v) is 6.73. The number of halogens is 2. The summed E-state index contributed by atoms with van der Waals surface area (Å²) in [5.41, 5.74) is 2.23. The molecule has 0 unspecified atom stereocenters. The SMILES string of the molecule is Cc1ccccc1N(C)CCC(=O)c1cc(F)cc(F)c1. The lowest BCUT2D eigenvalue weighted by atomic mass is 10.1. The van der Waals surface area contributed by atoms with Crippen LogP contribution in [0.25, 0.3) is 0 Å². The zero-order valence-corrected chi connectivity index (χ0v) is 12.1. The number of Topliss-reactive ketones (excluding diaryl/α,β-unsaturated/α-hetero) is 1. The molecular weight excluding hydrogens is 272 g/mol. The normalized spacial score (nSPS) is 10.5. The summed E-state index contributed by atoms with van der Waals surface area (Å²) in [6.45, 7) is 2.48. The predicted molar refractivity (Wildman–Crippen MR) is 79.8 cm³/mol. The Labute approximate surface area is 123 Å². The minimum atomic E-state index is -0.731. The Hall–Kier alpha value is -2.23. The van der Waals surface area contributed by atoms with Crippen LogP contribution < -0.4 is 4.90 Å². The number of aryl methyl sites for hydroxylation is 1. The summed E-state index contributed by atoms with van der Waals surface area (Å²) in [7, 11) is 1.89. The number of hydrogen-bond donors (Lipinski definition) is 0. The maximum atomic E-state index is 13.1. The van der Waals surface area contributed by atoms with Gasteiger partial charge in [0, 0.05) is 37.3 Å². The van der Waals surface area contributed by atoms with E-state index >= 15 is 0 Å². The molecule has 0 aliphatic rings. The van der Waals surface area contributed by atoms with E-state index in [1.54, 1.807) is 0 Å². The number of hydrogen-bond acceptors (Lipinski definition) is 2. The van der Waals surface area contributed by atoms with Crippen LogP contribution in [-0.4, -0.2) is 19.4 Å². The Morgan fingerprint density at radius 1 is 1.10 bits per heavy atom. The standard InChI is InChI=1S/C17H17F2NO/c1-12-5-3-4-6-16(12)20(2)8-7-17(21)13-9-14(18)11-15(19)10-13/h3-6,9-11H,7-8H2,1-2H3. The molecule has 2 aromatic rings. The maximum Gasteiger partial charge on any atom is 0.164 e. The van der Waals surface area contributed by atoms with Gasteiger partial charge in [-0.2, -0.15) is 0 Å². The maximum absolute atomic E-state index is 13.1. The fraction of sp³-hybridized carbons (Fsp3) is 0.235. The molecule has 0 atom stereocenters. The van der Waals surface area contributed by atoms with E-state index < -0.39 is 11.6 Å². The minimum absolute atomic E-state index is 0.0747. The highest BCUT2D eigenvalue weighted by atomic mass is 19.1. The van der Waals surface area contributed by atoms with E-state index in [0.717, 1.165) is 29.4 Å². The largest absolute Gasteiger partial charge is 0.374 e. The zero-order valence-electron chi connectivity index (χ0n) is 12.1. The van der Waals surface area contributed by atoms with Gasteiger partial charge in [-0.25, -0.2) is 8.78 Å². The van der Waals surface area contributed by atoms with Gasteiger partial charge in [0.15, 0.2) is 5.78 Å². The van der Waals surface area contributed by atoms with Crippen LogP contribution in [-0.2, 0) is 0 Å². The number of rotatable bonds is 5. The fourth-order valence-electron chi connectivity index (χ4n) is 2.24. The lowest BCUT2D eigenvalue weighted by molar-refractivity contribution is 0.0984. The third-order valence-corrected chi connectivity index (χ3v) is 3.39. The van der Waals surface area contributed by atoms with E-state index in [9.17, 15) is 13.6 Å². The summed E-state index contributed by atoms with van der Waals surface area (Å²) in [5, 5.41) is 0. The van der Waals surface area contributed by atoms with Crippen molar-refractivity contribution in [3.8, 4) is 0 Å². The Morgan fingerprint density at radius 2 is 1.71 bits per heavy atom. The lowest BCUT2D eigenvalue weighted by Crippen LogP contribution is -2.22. The first kappa shape index (κ1) is 15.2. The first-order chi connectivity index (χ1) is 9.97. The number of benzene rings is 2. The molecule has 0 saturated carbocycles. The molecule has 0 spiro atoms. The van der Waals surface area contributed by atoms with E-state index in [1.807, 2.05) is 43.1 Å². The van der Waals surface area contributed by atoms with Gasteiger partial charge in [0.2, 0.25) is 0 Å². The molecule has 0 aromatic heterocycles. The monoisotopic (exact) mass is 289 g/mol. The molecule has 0 fully saturated rings. The van der Waals surface area contributed by atoms with Crippen LogP contribution in [0.2, 0.25) is 0 Å². The van der Waals surface area contributed by atoms with E-state index in [0.29, 0.717) is 6.54 Å². The quantitative estimate of drug-likeness (QED) is 0.776. The zero-order chi connectivity index (χ0) is 15.4. The van der Waals surface area contributed by atoms with Crippen molar-refractivity contribution in [1.82, 2.24) is 0 Å². The number of carbonyl (C=O) groups excluding carboxylic acids is 1. The minimum Gasteiger partial charge on any atom is -0.374 e. The smallest absolute Gasteiger partial charge is 0.164 e. The number of para-hydroxylation sites is 1. The highest BCUT2D eigenvalue weighted by Crippen LogP contribution is 2.18. The summed E-state index contributed by atoms with van der Waals surface area (Å²) in [6.07, 6.45) is 0.202. The molecule has 2 rings (SSSR count). The number of anilines is 1. The number of ketones is 1. The van der Waals surface area contributed by atoms with E-state index in [2.05, 4.69) is 0 Å². The van der Waals surface area contributed by atoms with Crippen LogP contribution in [0.15, 0.2) is 42.5 Å². The van der Waals surface area contributed by atoms with Gasteiger partial charge in [-0.3, -0.25) is 4.79 Å². The van der Waals surface area contributed by atoms with Crippen molar-refractivity contribution < 1.29 is 13.6 Å². The van der Waals surface area contributed by atoms with Crippen molar-refractivity contribution in [2.75, 3.05) is 18.5 Å². The molecule has 0 bridgehead atoms. The van der Waals surface area contributed by atoms with Crippen LogP contribution in [0.4, 0.5) is 14.5 Å². The molecule has 0 amide bonds. The summed E-state index contributed by atoms with van der Waals surface area (Å²) in [5.74, 6) is -1.73. The molecule has 0 aliphatic carbocycles. The summed E-state index contributed by atoms with van der Waals surface area (Å²) >= 11 is 0. The van der Waals surface area contributed by atoms with Crippen molar-refractivity contribution in [2.45, 2.75) is 13.3 Å². The van der Waals surface area contributed by atoms with Gasteiger partial charge in [-0.1, -0.05) is 18.2 Å². The molecule has 0 heterocycles. The van der Waals surface area contributed by atoms with Crippen LogP contribution in [0, 0.1) is 18.6 Å². The van der Waals surface area contributed by atoms with Crippen molar-refractivity contribution in [1.29, 1.82) is 0 Å². The first-order valence-electron chi connectivity index (χ1n) is 6.73. The van der Waals surface area contributed by atoms with Crippen LogP contribution in [0.3, 0.4) is 0 Å². The summed E-state index contributed by atoms with van der Waals surface area (Å²) in [6, 6.07) is 10.8. The van der Waals surface area contributed by atoms with Crippen molar-refractivity contribution in [3.63, 3.8) is 0 Å². The predicted octanol–water partition coefficient (Wildman–Crippen LogP) is 3.98. The molecule has 0 N–H and O–H groups in total. The molecule has 0 radical (unpaired) electrons. The van der Waals surface area contributed by atoms with E-state index in [1.165, 1.54) is 0 Å². The highest BCUT2D eigenvalue weighted by Gasteiger charge is 2.11. The molecule has 110 valence electrons. The van der Waals surface area contributed by atoms with Crippen molar-refractivity contribution in [3.05, 3.63) is 65.2 Å². The van der Waals surface area contributed by atoms with Gasteiger partial charge in [0.1, 0.15) is 11.6 Å². The van der Waals surface area contributed by atoms with Gasteiger partial charge in [0.05, 0.1) is 0 Å². The Bertz CT molecular complexity index is 635. The summed E-state index contributed by atoms with van der Waals surface area (Å²) in [4.78, 5) is 14.0. The average Bonchev–Trinajstić information content (AvgIpc) is 2.43. The third kappa shape index (κ3) is 3.88. The van der Waals surface area contributed by atoms with Gasteiger partial charge < -0.3 is 4.90 Å². The van der Waals surface area contributed by atoms with Gasteiger partial charge in [-0.15, -0.1) is 0 Å². The van der Waals surface area contributed by atoms with Gasteiger partial charge in [-0.05, 0) is 30.7 Å². The molecule has 0 saturated heterocycles. The van der Waals surface area contributed by atoms with Crippen LogP contribution >= 0.6 is 0 Å². The second-order valence-corrected chi connectivity index (χ2v) is 5.04. The van der Waals surface area contributed by atoms with Crippen molar-refractivity contribution in [2.24, 2.45) is 0 Å². The highest BCUT2D eigenvalue weighted by molar-refractivity contribution is 5.96. The summed E-state index contributed by atoms with van der Waals surface area (Å²) < 4.78 is 26.2. The van der Waals surface area contributed by atoms with Crippen LogP contribution in [0.1, 0.15) is 22.3 Å². The van der Waals surface area contributed by atoms with Gasteiger partial charge >= 0.3 is 0 Å². The molecule has 4 heteroatoms. The molecule has 0 aliphatic heterocycles. The average molecular weight is 289 g/mol. The Balaban J connectivity index is 2.02. The molecule has 2 nitrogen and oxygen atoms in total. The van der Waals surface area contributed by atoms with E-state index in [-0.39, 0.29) is 17.8 Å². The Morgan fingerprint density at radius 3 is 2.33 bits per heavy atom. The lowest BCUT2D eigenvalue weighted by Gasteiger charge is -2.21. The third-order valence-electron chi connectivity index (χ3n) is 3.39. The van der Waals surface area contributed by atoms with Crippen molar-refractivity contribution >= 4 is 11.5 Å². The fourth-order valence-corrected chi connectivity index (χ4v) is 2.24. The topological polar surface area (TPSA) is 20.3 Å². The van der Waals surface area contributed by atoms with Gasteiger partial charge in [0.25, 0.3) is 0 Å². The second kappa shape index (κ2) is 6.48. The Kier molecular flexibility index (Phi) is 4.68. The molecular formula is C17H17F2NO. The van der Waals surface area contributed by atoms with E-state index in [4.69, 9.17) is 0 Å². The molecule has 21 heavy (non-hydrogen) atoms. The second-order valence-electron chi connectivity index (χ2n) is 5.04. The van der Waals surface area contributed by atoms with Crippen LogP contribution in [0.5, 0.6) is 0 Å².